The molecule has 1 aromatic rings. The Balaban J connectivity index is 2.16. The van der Waals surface area contributed by atoms with Crippen molar-refractivity contribution in [2.45, 2.75) is 32.0 Å². The lowest BCUT2D eigenvalue weighted by atomic mass is 9.95. The molecule has 6 heteroatoms. The Labute approximate surface area is 121 Å². The van der Waals surface area contributed by atoms with E-state index in [1.807, 2.05) is 11.8 Å². The minimum Gasteiger partial charge on any atom is -0.481 e. The van der Waals surface area contributed by atoms with Crippen molar-refractivity contribution in [3.05, 3.63) is 35.4 Å². The number of piperidine rings is 1. The van der Waals surface area contributed by atoms with Crippen molar-refractivity contribution in [1.29, 1.82) is 0 Å². The molecule has 2 rings (SSSR count). The molecule has 1 fully saturated rings. The van der Waals surface area contributed by atoms with Gasteiger partial charge in [0, 0.05) is 12.6 Å². The third kappa shape index (κ3) is 3.75. The fraction of sp³-hybridized carbons (Fsp3) is 0.533. The summed E-state index contributed by atoms with van der Waals surface area (Å²) in [5, 5.41) is 9.08. The lowest BCUT2D eigenvalue weighted by Crippen LogP contribution is -2.40. The molecule has 2 unspecified atom stereocenters. The van der Waals surface area contributed by atoms with Crippen LogP contribution in [0.5, 0.6) is 0 Å². The number of benzene rings is 1. The molecule has 1 aliphatic heterocycles. The number of alkyl halides is 3. The molecular formula is C15H18F3NO2. The highest BCUT2D eigenvalue weighted by Crippen LogP contribution is 2.33. The molecule has 116 valence electrons. The Kier molecular flexibility index (Phi) is 4.56. The molecule has 2 atom stereocenters. The van der Waals surface area contributed by atoms with Crippen molar-refractivity contribution in [2.24, 2.45) is 5.92 Å². The van der Waals surface area contributed by atoms with Gasteiger partial charge in [0.1, 0.15) is 0 Å². The van der Waals surface area contributed by atoms with Crippen molar-refractivity contribution in [3.63, 3.8) is 0 Å². The summed E-state index contributed by atoms with van der Waals surface area (Å²) in [6.07, 6.45) is -2.98. The largest absolute Gasteiger partial charge is 0.481 e. The molecule has 1 saturated heterocycles. The van der Waals surface area contributed by atoms with Gasteiger partial charge in [0.15, 0.2) is 0 Å². The number of rotatable bonds is 3. The summed E-state index contributed by atoms with van der Waals surface area (Å²) in [5.41, 5.74) is -0.102. The van der Waals surface area contributed by atoms with Crippen molar-refractivity contribution in [1.82, 2.24) is 4.90 Å². The van der Waals surface area contributed by atoms with E-state index < -0.39 is 23.6 Å². The number of hydrogen-bond acceptors (Lipinski definition) is 2. The van der Waals surface area contributed by atoms with Crippen LogP contribution in [0, 0.1) is 5.92 Å². The highest BCUT2D eigenvalue weighted by molar-refractivity contribution is 5.70. The molecule has 21 heavy (non-hydrogen) atoms. The van der Waals surface area contributed by atoms with Crippen LogP contribution < -0.4 is 0 Å². The summed E-state index contributed by atoms with van der Waals surface area (Å²) in [6, 6.07) is 5.02. The van der Waals surface area contributed by atoms with E-state index in [9.17, 15) is 18.0 Å². The maximum absolute atomic E-state index is 12.8. The van der Waals surface area contributed by atoms with Crippen LogP contribution >= 0.6 is 0 Å². The Morgan fingerprint density at radius 1 is 1.43 bits per heavy atom. The maximum Gasteiger partial charge on any atom is 0.416 e. The first-order valence-electron chi connectivity index (χ1n) is 6.93. The maximum atomic E-state index is 12.8. The SMILES string of the molecule is CC(c1cccc(C(F)(F)F)c1)N1CCCC(C(=O)O)C1. The van der Waals surface area contributed by atoms with Crippen LogP contribution in [-0.2, 0) is 11.0 Å². The van der Waals surface area contributed by atoms with Crippen LogP contribution in [0.2, 0.25) is 0 Å². The van der Waals surface area contributed by atoms with Gasteiger partial charge in [0.2, 0.25) is 0 Å². The molecule has 1 heterocycles. The number of likely N-dealkylation sites (tertiary alicyclic amines) is 1. The monoisotopic (exact) mass is 301 g/mol. The first-order valence-corrected chi connectivity index (χ1v) is 6.93. The highest BCUT2D eigenvalue weighted by atomic mass is 19.4. The summed E-state index contributed by atoms with van der Waals surface area (Å²) in [6.45, 7) is 2.91. The van der Waals surface area contributed by atoms with Crippen molar-refractivity contribution in [3.8, 4) is 0 Å². The molecule has 0 aromatic heterocycles. The van der Waals surface area contributed by atoms with E-state index in [2.05, 4.69) is 0 Å². The number of carbonyl (C=O) groups is 1. The molecule has 1 N–H and O–H groups in total. The second kappa shape index (κ2) is 6.05. The van der Waals surface area contributed by atoms with Gasteiger partial charge in [-0.3, -0.25) is 9.69 Å². The lowest BCUT2D eigenvalue weighted by molar-refractivity contribution is -0.143. The van der Waals surface area contributed by atoms with Crippen LogP contribution in [0.1, 0.15) is 36.9 Å². The van der Waals surface area contributed by atoms with E-state index in [0.29, 0.717) is 25.1 Å². The molecule has 0 radical (unpaired) electrons. The molecule has 0 aliphatic carbocycles. The molecule has 3 nitrogen and oxygen atoms in total. The molecular weight excluding hydrogens is 283 g/mol. The van der Waals surface area contributed by atoms with Crippen molar-refractivity contribution < 1.29 is 23.1 Å². The quantitative estimate of drug-likeness (QED) is 0.928. The predicted molar refractivity (Wildman–Crippen MR) is 71.8 cm³/mol. The van der Waals surface area contributed by atoms with Gasteiger partial charge >= 0.3 is 12.1 Å². The standard InChI is InChI=1S/C15H18F3NO2/c1-10(19-7-3-5-12(9-19)14(20)21)11-4-2-6-13(8-11)15(16,17)18/h2,4,6,8,10,12H,3,5,7,9H2,1H3,(H,20,21). The second-order valence-electron chi connectivity index (χ2n) is 5.47. The van der Waals surface area contributed by atoms with Gasteiger partial charge in [0.05, 0.1) is 11.5 Å². The smallest absolute Gasteiger partial charge is 0.416 e. The molecule has 0 spiro atoms. The minimum absolute atomic E-state index is 0.227. The minimum atomic E-state index is -4.36. The van der Waals surface area contributed by atoms with Gasteiger partial charge in [-0.25, -0.2) is 0 Å². The summed E-state index contributed by atoms with van der Waals surface area (Å²) in [4.78, 5) is 13.0. The fourth-order valence-electron chi connectivity index (χ4n) is 2.75. The molecule has 0 amide bonds. The van der Waals surface area contributed by atoms with Gasteiger partial charge in [0.25, 0.3) is 0 Å². The van der Waals surface area contributed by atoms with Crippen LogP contribution in [0.3, 0.4) is 0 Å². The number of nitrogens with zero attached hydrogens (tertiary/aromatic N) is 1. The van der Waals surface area contributed by atoms with E-state index in [-0.39, 0.29) is 6.04 Å². The van der Waals surface area contributed by atoms with Crippen LogP contribution in [0.25, 0.3) is 0 Å². The van der Waals surface area contributed by atoms with Crippen molar-refractivity contribution in [2.75, 3.05) is 13.1 Å². The Bertz CT molecular complexity index is 516. The number of halogens is 3. The lowest BCUT2D eigenvalue weighted by Gasteiger charge is -2.35. The summed E-state index contributed by atoms with van der Waals surface area (Å²) in [7, 11) is 0. The third-order valence-electron chi connectivity index (χ3n) is 4.05. The van der Waals surface area contributed by atoms with Crippen LogP contribution in [0.15, 0.2) is 24.3 Å². The van der Waals surface area contributed by atoms with E-state index in [1.54, 1.807) is 6.07 Å². The van der Waals surface area contributed by atoms with E-state index in [0.717, 1.165) is 18.6 Å². The van der Waals surface area contributed by atoms with E-state index >= 15 is 0 Å². The summed E-state index contributed by atoms with van der Waals surface area (Å²) < 4.78 is 38.3. The summed E-state index contributed by atoms with van der Waals surface area (Å²) >= 11 is 0. The van der Waals surface area contributed by atoms with Gasteiger partial charge in [-0.15, -0.1) is 0 Å². The van der Waals surface area contributed by atoms with Gasteiger partial charge in [-0.05, 0) is 44.0 Å². The Morgan fingerprint density at radius 3 is 2.76 bits per heavy atom. The number of carboxylic acid groups (broad SMARTS) is 1. The third-order valence-corrected chi connectivity index (χ3v) is 4.05. The second-order valence-corrected chi connectivity index (χ2v) is 5.47. The zero-order valence-electron chi connectivity index (χ0n) is 11.7. The van der Waals surface area contributed by atoms with Gasteiger partial charge in [-0.2, -0.15) is 13.2 Å². The topological polar surface area (TPSA) is 40.5 Å². The number of carboxylic acids is 1. The fourth-order valence-corrected chi connectivity index (χ4v) is 2.75. The molecule has 1 aromatic carbocycles. The van der Waals surface area contributed by atoms with Crippen LogP contribution in [0.4, 0.5) is 13.2 Å². The zero-order chi connectivity index (χ0) is 15.6. The predicted octanol–water partition coefficient (Wildman–Crippen LogP) is 3.56. The molecule has 1 aliphatic rings. The summed E-state index contributed by atoms with van der Waals surface area (Å²) in [5.74, 6) is -1.28. The average Bonchev–Trinajstić information content (AvgIpc) is 2.46. The number of hydrogen-bond donors (Lipinski definition) is 1. The molecule has 0 bridgehead atoms. The molecule has 0 saturated carbocycles. The normalized spacial score (nSPS) is 22.0. The first kappa shape index (κ1) is 15.8. The van der Waals surface area contributed by atoms with Gasteiger partial charge < -0.3 is 5.11 Å². The highest BCUT2D eigenvalue weighted by Gasteiger charge is 2.32. The van der Waals surface area contributed by atoms with Crippen molar-refractivity contribution >= 4 is 5.97 Å². The van der Waals surface area contributed by atoms with E-state index in [4.69, 9.17) is 5.11 Å². The number of aliphatic carboxylic acids is 1. The Hall–Kier alpha value is -1.56. The first-order chi connectivity index (χ1) is 9.79. The zero-order valence-corrected chi connectivity index (χ0v) is 11.7. The van der Waals surface area contributed by atoms with E-state index in [1.165, 1.54) is 6.07 Å². The Morgan fingerprint density at radius 2 is 2.14 bits per heavy atom. The average molecular weight is 301 g/mol. The van der Waals surface area contributed by atoms with Gasteiger partial charge in [-0.1, -0.05) is 12.1 Å². The van der Waals surface area contributed by atoms with Crippen LogP contribution in [-0.4, -0.2) is 29.1 Å².